The molecule has 3 aromatic heterocycles. The number of nitrogens with zero attached hydrogens (tertiary/aromatic N) is 6. The highest BCUT2D eigenvalue weighted by atomic mass is 79.9. The van der Waals surface area contributed by atoms with Crippen molar-refractivity contribution >= 4 is 50.2 Å². The molecule has 0 aliphatic carbocycles. The number of aromatic nitrogens is 5. The molecule has 2 amide bonds. The van der Waals surface area contributed by atoms with Crippen LogP contribution in [0.25, 0.3) is 22.0 Å². The average Bonchev–Trinajstić information content (AvgIpc) is 3.48. The van der Waals surface area contributed by atoms with Gasteiger partial charge in [-0.25, -0.2) is 24.5 Å². The number of carbonyl (C=O) groups excluding carboxylic acids is 3. The summed E-state index contributed by atoms with van der Waals surface area (Å²) in [5.41, 5.74) is 2.27. The third kappa shape index (κ3) is 5.21. The lowest BCUT2D eigenvalue weighted by atomic mass is 10.0. The maximum Gasteiger partial charge on any atom is 0.330 e. The second kappa shape index (κ2) is 10.5. The number of halogens is 2. The highest BCUT2D eigenvalue weighted by Gasteiger charge is 2.42. The van der Waals surface area contributed by atoms with Gasteiger partial charge in [-0.2, -0.15) is 5.10 Å². The molecule has 1 aliphatic heterocycles. The van der Waals surface area contributed by atoms with Gasteiger partial charge in [-0.3, -0.25) is 14.3 Å². The molecule has 0 bridgehead atoms. The van der Waals surface area contributed by atoms with Crippen LogP contribution in [0.15, 0.2) is 53.4 Å². The van der Waals surface area contributed by atoms with Crippen LogP contribution in [0.5, 0.6) is 0 Å². The van der Waals surface area contributed by atoms with Gasteiger partial charge in [-0.1, -0.05) is 6.07 Å². The molecule has 0 saturated carbocycles. The van der Waals surface area contributed by atoms with Gasteiger partial charge in [0, 0.05) is 58.7 Å². The van der Waals surface area contributed by atoms with Crippen LogP contribution < -0.4 is 10.0 Å². The highest BCUT2D eigenvalue weighted by molar-refractivity contribution is 9.10. The van der Waals surface area contributed by atoms with Crippen molar-refractivity contribution in [3.63, 3.8) is 0 Å². The lowest BCUT2D eigenvalue weighted by Gasteiger charge is -2.21. The fourth-order valence-corrected chi connectivity index (χ4v) is 4.93. The van der Waals surface area contributed by atoms with Crippen LogP contribution in [0.4, 0.5) is 10.2 Å². The number of hydrogen-bond acceptors (Lipinski definition) is 7. The Balaban J connectivity index is 1.41. The Morgan fingerprint density at radius 3 is 2.64 bits per heavy atom. The van der Waals surface area contributed by atoms with Crippen LogP contribution >= 0.6 is 15.9 Å². The number of hydrogen-bond donors (Lipinski definition) is 2. The topological polar surface area (TPSA) is 134 Å². The molecule has 1 saturated heterocycles. The molecule has 5 rings (SSSR count). The number of likely N-dealkylation sites (tertiary alicyclic amines) is 1. The van der Waals surface area contributed by atoms with E-state index in [9.17, 15) is 24.0 Å². The predicted octanol–water partition coefficient (Wildman–Crippen LogP) is 2.87. The van der Waals surface area contributed by atoms with Gasteiger partial charge in [-0.05, 0) is 41.5 Å². The maximum atomic E-state index is 14.4. The summed E-state index contributed by atoms with van der Waals surface area (Å²) in [6.07, 6.45) is 1.79. The Bertz CT molecular complexity index is 1610. The van der Waals surface area contributed by atoms with E-state index in [0.717, 1.165) is 15.9 Å². The van der Waals surface area contributed by atoms with Crippen molar-refractivity contribution in [1.29, 1.82) is 0 Å². The van der Waals surface area contributed by atoms with Crippen LogP contribution in [-0.2, 0) is 16.1 Å². The van der Waals surface area contributed by atoms with Crippen molar-refractivity contribution in [3.05, 3.63) is 64.9 Å². The zero-order valence-corrected chi connectivity index (χ0v) is 22.6. The molecule has 1 aliphatic rings. The SMILES string of the molecule is CC(=O)c1nn(CC(=O)N2C[C@H](F)C[C@H]2C(=O)Nc2cccc(Br)[n+]2O)c2ccc(-c3cnc(C)nc3)cc12. The monoisotopic (exact) mass is 596 g/mol. The van der Waals surface area contributed by atoms with Crippen molar-refractivity contribution in [1.82, 2.24) is 24.6 Å². The number of Topliss-reactive ketones (excluding diaryl/α,β-unsaturated/α-hetero) is 1. The number of aryl methyl sites for hydroxylation is 1. The molecule has 1 fully saturated rings. The van der Waals surface area contributed by atoms with Crippen molar-refractivity contribution in [3.8, 4) is 11.1 Å². The van der Waals surface area contributed by atoms with Crippen molar-refractivity contribution in [2.45, 2.75) is 39.0 Å². The van der Waals surface area contributed by atoms with E-state index in [1.807, 2.05) is 6.07 Å². The molecule has 39 heavy (non-hydrogen) atoms. The number of benzene rings is 1. The minimum Gasteiger partial charge on any atom is -0.349 e. The molecule has 13 heteroatoms. The van der Waals surface area contributed by atoms with Crippen molar-refractivity contribution in [2.24, 2.45) is 0 Å². The van der Waals surface area contributed by atoms with Gasteiger partial charge in [0.25, 0.3) is 0 Å². The molecule has 0 unspecified atom stereocenters. The first-order valence-electron chi connectivity index (χ1n) is 12.1. The van der Waals surface area contributed by atoms with Gasteiger partial charge in [-0.15, -0.1) is 0 Å². The Morgan fingerprint density at radius 2 is 1.92 bits per heavy atom. The van der Waals surface area contributed by atoms with Crippen molar-refractivity contribution in [2.75, 3.05) is 11.9 Å². The minimum absolute atomic E-state index is 0.0584. The quantitative estimate of drug-likeness (QED) is 0.151. The maximum absolute atomic E-state index is 14.4. The van der Waals surface area contributed by atoms with E-state index in [1.165, 1.54) is 22.6 Å². The molecular formula is C26H24BrFN7O4+. The largest absolute Gasteiger partial charge is 0.349 e. The fraction of sp³-hybridized carbons (Fsp3) is 0.269. The molecule has 2 N–H and O–H groups in total. The number of carbonyl (C=O) groups is 3. The second-order valence-corrected chi connectivity index (χ2v) is 10.1. The fourth-order valence-electron chi connectivity index (χ4n) is 4.59. The number of nitrogens with one attached hydrogen (secondary N) is 1. The van der Waals surface area contributed by atoms with E-state index in [-0.39, 0.29) is 36.8 Å². The number of anilines is 1. The van der Waals surface area contributed by atoms with Gasteiger partial charge in [0.1, 0.15) is 30.3 Å². The summed E-state index contributed by atoms with van der Waals surface area (Å²) in [6.45, 7) is 2.61. The van der Waals surface area contributed by atoms with Crippen LogP contribution in [0, 0.1) is 6.92 Å². The van der Waals surface area contributed by atoms with E-state index in [2.05, 4.69) is 36.3 Å². The first-order valence-corrected chi connectivity index (χ1v) is 12.9. The molecule has 200 valence electrons. The van der Waals surface area contributed by atoms with Crippen LogP contribution in [-0.4, -0.2) is 66.2 Å². The number of alkyl halides is 1. The number of ketones is 1. The van der Waals surface area contributed by atoms with Gasteiger partial charge in [0.15, 0.2) is 5.78 Å². The number of rotatable bonds is 6. The lowest BCUT2D eigenvalue weighted by molar-refractivity contribution is -0.901. The summed E-state index contributed by atoms with van der Waals surface area (Å²) in [4.78, 5) is 48.3. The Hall–Kier alpha value is -4.26. The molecule has 4 heterocycles. The lowest BCUT2D eigenvalue weighted by Crippen LogP contribution is -2.46. The first-order chi connectivity index (χ1) is 18.6. The van der Waals surface area contributed by atoms with Crippen LogP contribution in [0.2, 0.25) is 0 Å². The van der Waals surface area contributed by atoms with Gasteiger partial charge in [0.05, 0.1) is 12.1 Å². The highest BCUT2D eigenvalue weighted by Crippen LogP contribution is 2.28. The summed E-state index contributed by atoms with van der Waals surface area (Å²) in [6, 6.07) is 8.90. The molecule has 2 atom stereocenters. The molecule has 0 radical (unpaired) electrons. The Kier molecular flexibility index (Phi) is 7.08. The molecule has 11 nitrogen and oxygen atoms in total. The third-order valence-corrected chi connectivity index (χ3v) is 7.13. The van der Waals surface area contributed by atoms with Crippen LogP contribution in [0.3, 0.4) is 0 Å². The van der Waals surface area contributed by atoms with E-state index >= 15 is 0 Å². The van der Waals surface area contributed by atoms with Crippen molar-refractivity contribution < 1.29 is 28.7 Å². The predicted molar refractivity (Wildman–Crippen MR) is 141 cm³/mol. The summed E-state index contributed by atoms with van der Waals surface area (Å²) < 4.78 is 16.9. The summed E-state index contributed by atoms with van der Waals surface area (Å²) >= 11 is 3.15. The minimum atomic E-state index is -1.39. The Morgan fingerprint density at radius 1 is 1.18 bits per heavy atom. The first kappa shape index (κ1) is 26.4. The smallest absolute Gasteiger partial charge is 0.330 e. The molecular weight excluding hydrogens is 573 g/mol. The van der Waals surface area contributed by atoms with Gasteiger partial charge < -0.3 is 10.1 Å². The van der Waals surface area contributed by atoms with Gasteiger partial charge >= 0.3 is 11.7 Å². The zero-order valence-electron chi connectivity index (χ0n) is 21.0. The van der Waals surface area contributed by atoms with E-state index in [4.69, 9.17) is 0 Å². The van der Waals surface area contributed by atoms with E-state index in [0.29, 0.717) is 21.3 Å². The number of pyridine rings is 1. The summed E-state index contributed by atoms with van der Waals surface area (Å²) in [7, 11) is 0. The number of amides is 2. The average molecular weight is 597 g/mol. The standard InChI is InChI=1S/C26H23BrFN7O4/c1-14(36)25-19-8-16(17-10-29-15(2)30-11-17)6-7-20(19)34(32-25)13-24(37)33-12-18(28)9-21(33)26(38)31-23-5-3-4-22(27)35(23)39/h3-8,10-11,18,21,39H,9,12-13H2,1-2H3/p+1/t18-,21+/m1/s1. The zero-order chi connectivity index (χ0) is 27.8. The van der Waals surface area contributed by atoms with E-state index < -0.39 is 24.0 Å². The van der Waals surface area contributed by atoms with Crippen LogP contribution in [0.1, 0.15) is 29.7 Å². The normalized spacial score (nSPS) is 17.0. The molecule has 1 aromatic carbocycles. The molecule has 0 spiro atoms. The van der Waals surface area contributed by atoms with E-state index in [1.54, 1.807) is 43.6 Å². The third-order valence-electron chi connectivity index (χ3n) is 6.53. The Labute approximate surface area is 230 Å². The van der Waals surface area contributed by atoms with Gasteiger partial charge in [0.2, 0.25) is 10.5 Å². The summed E-state index contributed by atoms with van der Waals surface area (Å²) in [5.74, 6) is -0.756. The number of fused-ring (bicyclic) bond motifs is 1. The second-order valence-electron chi connectivity index (χ2n) is 9.24. The molecule has 4 aromatic rings. The summed E-state index contributed by atoms with van der Waals surface area (Å²) in [5, 5.41) is 17.6.